The van der Waals surface area contributed by atoms with Gasteiger partial charge in [-0.25, -0.2) is 0 Å². The van der Waals surface area contributed by atoms with E-state index in [-0.39, 0.29) is 17.4 Å². The number of carbonyl (C=O) groups is 1. The minimum absolute atomic E-state index is 0.0741. The number of methoxy groups -OCH3 is 1. The van der Waals surface area contributed by atoms with E-state index in [0.29, 0.717) is 26.1 Å². The molecule has 4 nitrogen and oxygen atoms in total. The van der Waals surface area contributed by atoms with Crippen LogP contribution in [0.15, 0.2) is 30.3 Å². The number of amides is 1. The third-order valence-electron chi connectivity index (χ3n) is 3.64. The second kappa shape index (κ2) is 8.15. The zero-order valence-corrected chi connectivity index (χ0v) is 13.6. The number of hydrogen-bond acceptors (Lipinski definition) is 3. The van der Waals surface area contributed by atoms with Crippen LogP contribution in [0.4, 0.5) is 0 Å². The standard InChI is InChI=1S/C17H28N2O2/c1-17(2,3)15(18)12-16(20)19(10-11-21-4)13-14-8-6-5-7-9-14/h5-9,15H,10-13,18H2,1-4H3. The summed E-state index contributed by atoms with van der Waals surface area (Å²) in [6, 6.07) is 9.84. The Morgan fingerprint density at radius 2 is 1.90 bits per heavy atom. The van der Waals surface area contributed by atoms with Crippen LogP contribution in [-0.4, -0.2) is 37.1 Å². The van der Waals surface area contributed by atoms with Gasteiger partial charge >= 0.3 is 0 Å². The molecule has 0 saturated heterocycles. The molecule has 0 aliphatic rings. The Bertz CT molecular complexity index is 426. The monoisotopic (exact) mass is 292 g/mol. The molecule has 4 heteroatoms. The molecule has 0 radical (unpaired) electrons. The van der Waals surface area contributed by atoms with E-state index < -0.39 is 0 Å². The van der Waals surface area contributed by atoms with Crippen molar-refractivity contribution in [2.75, 3.05) is 20.3 Å². The van der Waals surface area contributed by atoms with E-state index in [2.05, 4.69) is 20.8 Å². The second-order valence-electron chi connectivity index (χ2n) is 6.47. The van der Waals surface area contributed by atoms with E-state index in [9.17, 15) is 4.79 Å². The van der Waals surface area contributed by atoms with Crippen molar-refractivity contribution >= 4 is 5.91 Å². The number of nitrogens with zero attached hydrogens (tertiary/aromatic N) is 1. The Morgan fingerprint density at radius 1 is 1.29 bits per heavy atom. The van der Waals surface area contributed by atoms with Crippen LogP contribution in [0.3, 0.4) is 0 Å². The largest absolute Gasteiger partial charge is 0.383 e. The molecule has 1 unspecified atom stereocenters. The zero-order chi connectivity index (χ0) is 15.9. The number of benzene rings is 1. The molecule has 1 amide bonds. The molecule has 1 atom stereocenters. The molecule has 1 aromatic carbocycles. The van der Waals surface area contributed by atoms with E-state index in [1.807, 2.05) is 35.2 Å². The predicted octanol–water partition coefficient (Wildman–Crippen LogP) is 2.43. The van der Waals surface area contributed by atoms with Gasteiger partial charge in [-0.3, -0.25) is 4.79 Å². The minimum Gasteiger partial charge on any atom is -0.383 e. The fourth-order valence-corrected chi connectivity index (χ4v) is 1.92. The van der Waals surface area contributed by atoms with Gasteiger partial charge in [-0.15, -0.1) is 0 Å². The van der Waals surface area contributed by atoms with Crippen molar-refractivity contribution in [2.24, 2.45) is 11.1 Å². The van der Waals surface area contributed by atoms with Crippen LogP contribution in [-0.2, 0) is 16.1 Å². The fourth-order valence-electron chi connectivity index (χ4n) is 1.92. The Labute approximate surface area is 128 Å². The highest BCUT2D eigenvalue weighted by atomic mass is 16.5. The third-order valence-corrected chi connectivity index (χ3v) is 3.64. The topological polar surface area (TPSA) is 55.6 Å². The Hall–Kier alpha value is -1.39. The Morgan fingerprint density at radius 3 is 2.43 bits per heavy atom. The number of hydrogen-bond donors (Lipinski definition) is 1. The number of ether oxygens (including phenoxy) is 1. The fraction of sp³-hybridized carbons (Fsp3) is 0.588. The van der Waals surface area contributed by atoms with Crippen LogP contribution in [0, 0.1) is 5.41 Å². The van der Waals surface area contributed by atoms with Crippen molar-refractivity contribution in [1.29, 1.82) is 0 Å². The maximum absolute atomic E-state index is 12.5. The van der Waals surface area contributed by atoms with Crippen LogP contribution in [0.1, 0.15) is 32.8 Å². The first-order valence-electron chi connectivity index (χ1n) is 7.41. The van der Waals surface area contributed by atoms with Crippen molar-refractivity contribution in [3.05, 3.63) is 35.9 Å². The predicted molar refractivity (Wildman–Crippen MR) is 85.8 cm³/mol. The van der Waals surface area contributed by atoms with Gasteiger partial charge in [-0.2, -0.15) is 0 Å². The number of rotatable bonds is 7. The summed E-state index contributed by atoms with van der Waals surface area (Å²) in [7, 11) is 1.64. The van der Waals surface area contributed by atoms with Gasteiger partial charge < -0.3 is 15.4 Å². The SMILES string of the molecule is COCCN(Cc1ccccc1)C(=O)CC(N)C(C)(C)C. The lowest BCUT2D eigenvalue weighted by atomic mass is 9.85. The molecule has 2 N–H and O–H groups in total. The second-order valence-corrected chi connectivity index (χ2v) is 6.47. The Kier molecular flexibility index (Phi) is 6.85. The number of carbonyl (C=O) groups excluding carboxylic acids is 1. The summed E-state index contributed by atoms with van der Waals surface area (Å²) in [6.07, 6.45) is 0.361. The van der Waals surface area contributed by atoms with Crippen molar-refractivity contribution in [3.8, 4) is 0 Å². The van der Waals surface area contributed by atoms with E-state index in [1.165, 1.54) is 0 Å². The summed E-state index contributed by atoms with van der Waals surface area (Å²) in [5.41, 5.74) is 7.18. The van der Waals surface area contributed by atoms with Gasteiger partial charge in [0.25, 0.3) is 0 Å². The van der Waals surface area contributed by atoms with Gasteiger partial charge in [0.1, 0.15) is 0 Å². The highest BCUT2D eigenvalue weighted by Gasteiger charge is 2.25. The molecule has 21 heavy (non-hydrogen) atoms. The van der Waals surface area contributed by atoms with Gasteiger partial charge in [-0.1, -0.05) is 51.1 Å². The molecule has 0 saturated carbocycles. The van der Waals surface area contributed by atoms with Crippen molar-refractivity contribution in [2.45, 2.75) is 39.8 Å². The molecule has 0 heterocycles. The molecule has 1 aromatic rings. The van der Waals surface area contributed by atoms with Gasteiger partial charge in [0.2, 0.25) is 5.91 Å². The van der Waals surface area contributed by atoms with Gasteiger partial charge in [-0.05, 0) is 11.0 Å². The lowest BCUT2D eigenvalue weighted by Gasteiger charge is -2.30. The summed E-state index contributed by atoms with van der Waals surface area (Å²) in [4.78, 5) is 14.3. The maximum atomic E-state index is 12.5. The summed E-state index contributed by atoms with van der Waals surface area (Å²) >= 11 is 0. The van der Waals surface area contributed by atoms with Crippen LogP contribution < -0.4 is 5.73 Å². The highest BCUT2D eigenvalue weighted by Crippen LogP contribution is 2.20. The molecule has 0 aromatic heterocycles. The lowest BCUT2D eigenvalue weighted by molar-refractivity contribution is -0.133. The zero-order valence-electron chi connectivity index (χ0n) is 13.6. The normalized spacial score (nSPS) is 13.0. The first kappa shape index (κ1) is 17.7. The highest BCUT2D eigenvalue weighted by molar-refractivity contribution is 5.77. The minimum atomic E-state index is -0.147. The van der Waals surface area contributed by atoms with E-state index >= 15 is 0 Å². The van der Waals surface area contributed by atoms with E-state index in [0.717, 1.165) is 5.56 Å². The molecule has 0 bridgehead atoms. The van der Waals surface area contributed by atoms with Crippen LogP contribution >= 0.6 is 0 Å². The van der Waals surface area contributed by atoms with Crippen LogP contribution in [0.2, 0.25) is 0 Å². The molecule has 0 fully saturated rings. The average molecular weight is 292 g/mol. The summed E-state index contributed by atoms with van der Waals surface area (Å²) in [6.45, 7) is 7.88. The van der Waals surface area contributed by atoms with Crippen molar-refractivity contribution in [1.82, 2.24) is 4.90 Å². The first-order chi connectivity index (χ1) is 9.84. The smallest absolute Gasteiger partial charge is 0.224 e. The van der Waals surface area contributed by atoms with E-state index in [4.69, 9.17) is 10.5 Å². The van der Waals surface area contributed by atoms with Crippen molar-refractivity contribution < 1.29 is 9.53 Å². The average Bonchev–Trinajstić information content (AvgIpc) is 2.43. The molecule has 1 rings (SSSR count). The molecule has 0 aliphatic heterocycles. The molecular weight excluding hydrogens is 264 g/mol. The molecule has 0 spiro atoms. The Balaban J connectivity index is 2.70. The quantitative estimate of drug-likeness (QED) is 0.839. The maximum Gasteiger partial charge on any atom is 0.224 e. The summed E-state index contributed by atoms with van der Waals surface area (Å²) in [5.74, 6) is 0.0818. The van der Waals surface area contributed by atoms with Gasteiger partial charge in [0.15, 0.2) is 0 Å². The van der Waals surface area contributed by atoms with Crippen LogP contribution in [0.25, 0.3) is 0 Å². The van der Waals surface area contributed by atoms with Gasteiger partial charge in [0, 0.05) is 32.7 Å². The summed E-state index contributed by atoms with van der Waals surface area (Å²) < 4.78 is 5.11. The number of nitrogens with two attached hydrogens (primary N) is 1. The van der Waals surface area contributed by atoms with Gasteiger partial charge in [0.05, 0.1) is 6.61 Å². The first-order valence-corrected chi connectivity index (χ1v) is 7.41. The lowest BCUT2D eigenvalue weighted by Crippen LogP contribution is -2.42. The molecule has 118 valence electrons. The van der Waals surface area contributed by atoms with Crippen molar-refractivity contribution in [3.63, 3.8) is 0 Å². The third kappa shape index (κ3) is 6.27. The molecular formula is C17H28N2O2. The van der Waals surface area contributed by atoms with E-state index in [1.54, 1.807) is 7.11 Å². The summed E-state index contributed by atoms with van der Waals surface area (Å²) in [5, 5.41) is 0. The van der Waals surface area contributed by atoms with Crippen LogP contribution in [0.5, 0.6) is 0 Å². The molecule has 0 aliphatic carbocycles.